The van der Waals surface area contributed by atoms with Crippen LogP contribution in [0, 0.1) is 6.92 Å². The lowest BCUT2D eigenvalue weighted by Gasteiger charge is -2.31. The van der Waals surface area contributed by atoms with Crippen LogP contribution in [0.4, 0.5) is 10.5 Å². The van der Waals surface area contributed by atoms with E-state index in [0.29, 0.717) is 17.3 Å². The van der Waals surface area contributed by atoms with Gasteiger partial charge in [0.1, 0.15) is 5.82 Å². The Morgan fingerprint density at radius 3 is 2.53 bits per heavy atom. The van der Waals surface area contributed by atoms with Gasteiger partial charge in [-0.3, -0.25) is 0 Å². The number of rotatable bonds is 4. The van der Waals surface area contributed by atoms with Crippen molar-refractivity contribution in [3.63, 3.8) is 0 Å². The molecule has 2 aromatic heterocycles. The third-order valence-electron chi connectivity index (χ3n) is 7.03. The maximum atomic E-state index is 14.0. The van der Waals surface area contributed by atoms with E-state index in [-0.39, 0.29) is 12.1 Å². The molecule has 6 rings (SSSR count). The number of anilines is 1. The highest BCUT2D eigenvalue weighted by Crippen LogP contribution is 2.39. The Bertz CT molecular complexity index is 1600. The van der Waals surface area contributed by atoms with E-state index in [1.54, 1.807) is 12.1 Å². The Morgan fingerprint density at radius 2 is 1.79 bits per heavy atom. The molecule has 7 heteroatoms. The van der Waals surface area contributed by atoms with Crippen molar-refractivity contribution in [2.75, 3.05) is 5.32 Å². The minimum absolute atomic E-state index is 0.201. The largest absolute Gasteiger partial charge is 0.322 e. The molecule has 1 aliphatic rings. The van der Waals surface area contributed by atoms with Gasteiger partial charge in [0.25, 0.3) is 0 Å². The molecule has 38 heavy (non-hydrogen) atoms. The summed E-state index contributed by atoms with van der Waals surface area (Å²) < 4.78 is 4.19. The second kappa shape index (κ2) is 9.88. The van der Waals surface area contributed by atoms with Crippen molar-refractivity contribution in [2.45, 2.75) is 32.9 Å². The van der Waals surface area contributed by atoms with Crippen LogP contribution in [0.2, 0.25) is 5.02 Å². The van der Waals surface area contributed by atoms with E-state index in [4.69, 9.17) is 16.7 Å². The molecule has 1 aliphatic heterocycles. The second-order valence-corrected chi connectivity index (χ2v) is 9.97. The summed E-state index contributed by atoms with van der Waals surface area (Å²) in [7, 11) is 0. The summed E-state index contributed by atoms with van der Waals surface area (Å²) in [5.41, 5.74) is 6.84. The summed E-state index contributed by atoms with van der Waals surface area (Å²) in [6, 6.07) is 29.4. The van der Waals surface area contributed by atoms with E-state index < -0.39 is 0 Å². The van der Waals surface area contributed by atoms with Gasteiger partial charge in [0.2, 0.25) is 0 Å². The number of hydrogen-bond donors (Lipinski definition) is 1. The van der Waals surface area contributed by atoms with E-state index in [0.717, 1.165) is 40.4 Å². The number of urea groups is 1. The smallest absolute Gasteiger partial charge is 0.308 e. The number of nitrogens with one attached hydrogen (secondary N) is 1. The van der Waals surface area contributed by atoms with Crippen LogP contribution in [0.1, 0.15) is 41.0 Å². The van der Waals surface area contributed by atoms with Crippen LogP contribution < -0.4 is 5.32 Å². The second-order valence-electron chi connectivity index (χ2n) is 9.53. The highest BCUT2D eigenvalue weighted by Gasteiger charge is 2.36. The molecule has 190 valence electrons. The molecule has 0 aliphatic carbocycles. The van der Waals surface area contributed by atoms with E-state index >= 15 is 0 Å². The van der Waals surface area contributed by atoms with Crippen molar-refractivity contribution in [1.82, 2.24) is 19.2 Å². The number of benzene rings is 3. The fourth-order valence-corrected chi connectivity index (χ4v) is 5.40. The lowest BCUT2D eigenvalue weighted by molar-refractivity contribution is 0.194. The molecule has 1 atom stereocenters. The van der Waals surface area contributed by atoms with Gasteiger partial charge >= 0.3 is 6.03 Å². The van der Waals surface area contributed by atoms with Crippen molar-refractivity contribution >= 4 is 23.3 Å². The van der Waals surface area contributed by atoms with E-state index in [1.807, 2.05) is 46.0 Å². The highest BCUT2D eigenvalue weighted by molar-refractivity contribution is 6.30. The monoisotopic (exact) mass is 521 g/mol. The van der Waals surface area contributed by atoms with Gasteiger partial charge in [-0.15, -0.1) is 0 Å². The van der Waals surface area contributed by atoms with Crippen molar-refractivity contribution in [3.05, 3.63) is 130 Å². The minimum Gasteiger partial charge on any atom is -0.308 e. The SMILES string of the molecule is CCc1nn(-c2ccccc2)c2c1CN(C(=O)Nc1cccc(Cl)c1)[C@H](c1ccc(C)cc1)c1cccn1-2. The molecule has 1 N–H and O–H groups in total. The van der Waals surface area contributed by atoms with E-state index in [1.165, 1.54) is 5.56 Å². The Hall–Kier alpha value is -4.29. The first kappa shape index (κ1) is 24.1. The molecular formula is C31H28ClN5O. The minimum atomic E-state index is -0.314. The molecule has 0 fully saturated rings. The number of carbonyl (C=O) groups excluding carboxylic acids is 1. The van der Waals surface area contributed by atoms with Crippen molar-refractivity contribution in [2.24, 2.45) is 0 Å². The van der Waals surface area contributed by atoms with Gasteiger partial charge in [0, 0.05) is 22.5 Å². The average molecular weight is 522 g/mol. The Balaban J connectivity index is 1.55. The zero-order valence-corrected chi connectivity index (χ0v) is 22.1. The molecule has 3 heterocycles. The third kappa shape index (κ3) is 4.27. The Labute approximate surface area is 227 Å². The van der Waals surface area contributed by atoms with Gasteiger partial charge in [-0.2, -0.15) is 5.10 Å². The molecule has 6 nitrogen and oxygen atoms in total. The predicted molar refractivity (Wildman–Crippen MR) is 151 cm³/mol. The molecule has 0 unspecified atom stereocenters. The first-order chi connectivity index (χ1) is 18.5. The molecule has 0 radical (unpaired) electrons. The number of hydrogen-bond acceptors (Lipinski definition) is 2. The van der Waals surface area contributed by atoms with Gasteiger partial charge < -0.3 is 14.8 Å². The van der Waals surface area contributed by atoms with Gasteiger partial charge in [-0.05, 0) is 61.4 Å². The molecule has 0 bridgehead atoms. The quantitative estimate of drug-likeness (QED) is 0.269. The number of halogens is 1. The van der Waals surface area contributed by atoms with E-state index in [9.17, 15) is 4.79 Å². The molecule has 5 aromatic rings. The first-order valence-corrected chi connectivity index (χ1v) is 13.1. The number of fused-ring (bicyclic) bond motifs is 3. The summed E-state index contributed by atoms with van der Waals surface area (Å²) >= 11 is 6.22. The standard InChI is InChI=1S/C31H28ClN5O/c1-3-27-26-20-36(31(38)33-24-10-7-9-23(32)19-24)29(22-16-14-21(2)15-17-22)28-13-8-18-35(28)30(26)37(34-27)25-11-5-4-6-12-25/h4-19,29H,3,20H2,1-2H3,(H,33,38)/t29-/m1/s1. The van der Waals surface area contributed by atoms with Crippen molar-refractivity contribution in [1.29, 1.82) is 0 Å². The number of carbonyl (C=O) groups is 1. The topological polar surface area (TPSA) is 55.1 Å². The zero-order chi connectivity index (χ0) is 26.2. The molecule has 0 spiro atoms. The Morgan fingerprint density at radius 1 is 1.00 bits per heavy atom. The molecular weight excluding hydrogens is 494 g/mol. The highest BCUT2D eigenvalue weighted by atomic mass is 35.5. The van der Waals surface area contributed by atoms with E-state index in [2.05, 4.69) is 72.4 Å². The van der Waals surface area contributed by atoms with Gasteiger partial charge in [0.15, 0.2) is 0 Å². The fraction of sp³-hybridized carbons (Fsp3) is 0.161. The molecule has 3 aromatic carbocycles. The number of amides is 2. The van der Waals surface area contributed by atoms with Gasteiger partial charge in [-0.25, -0.2) is 9.48 Å². The normalized spacial score (nSPS) is 14.5. The molecule has 0 saturated carbocycles. The van der Waals surface area contributed by atoms with Gasteiger partial charge in [-0.1, -0.05) is 72.6 Å². The number of para-hydroxylation sites is 1. The number of aryl methyl sites for hydroxylation is 2. The maximum Gasteiger partial charge on any atom is 0.322 e. The maximum absolute atomic E-state index is 14.0. The number of aromatic nitrogens is 3. The van der Waals surface area contributed by atoms with Crippen LogP contribution in [-0.4, -0.2) is 25.3 Å². The van der Waals surface area contributed by atoms with Crippen LogP contribution in [0.15, 0.2) is 97.2 Å². The van der Waals surface area contributed by atoms with Crippen molar-refractivity contribution in [3.8, 4) is 11.5 Å². The zero-order valence-electron chi connectivity index (χ0n) is 21.3. The van der Waals surface area contributed by atoms with Crippen LogP contribution in [0.5, 0.6) is 0 Å². The summed E-state index contributed by atoms with van der Waals surface area (Å²) in [6.45, 7) is 4.58. The predicted octanol–water partition coefficient (Wildman–Crippen LogP) is 7.32. The number of nitrogens with zero attached hydrogens (tertiary/aromatic N) is 4. The van der Waals surface area contributed by atoms with Crippen LogP contribution in [-0.2, 0) is 13.0 Å². The van der Waals surface area contributed by atoms with Gasteiger partial charge in [0.05, 0.1) is 29.7 Å². The van der Waals surface area contributed by atoms with Crippen LogP contribution in [0.3, 0.4) is 0 Å². The lowest BCUT2D eigenvalue weighted by atomic mass is 10.0. The summed E-state index contributed by atoms with van der Waals surface area (Å²) in [5, 5.41) is 8.68. The first-order valence-electron chi connectivity index (χ1n) is 12.8. The lowest BCUT2D eigenvalue weighted by Crippen LogP contribution is -2.38. The summed E-state index contributed by atoms with van der Waals surface area (Å²) in [6.07, 6.45) is 2.81. The summed E-state index contributed by atoms with van der Waals surface area (Å²) in [5.74, 6) is 0.961. The van der Waals surface area contributed by atoms with Crippen molar-refractivity contribution < 1.29 is 4.79 Å². The van der Waals surface area contributed by atoms with Crippen LogP contribution >= 0.6 is 11.6 Å². The third-order valence-corrected chi connectivity index (χ3v) is 7.27. The molecule has 0 saturated heterocycles. The fourth-order valence-electron chi connectivity index (χ4n) is 5.21. The summed E-state index contributed by atoms with van der Waals surface area (Å²) in [4.78, 5) is 15.9. The Kier molecular flexibility index (Phi) is 6.26. The molecule has 2 amide bonds. The average Bonchev–Trinajstić information content (AvgIpc) is 3.51. The van der Waals surface area contributed by atoms with Crippen LogP contribution in [0.25, 0.3) is 11.5 Å².